The second-order valence-electron chi connectivity index (χ2n) is 3.27. The molecule has 1 aliphatic rings. The highest BCUT2D eigenvalue weighted by molar-refractivity contribution is 6.21. The van der Waals surface area contributed by atoms with Crippen LogP contribution >= 0.6 is 11.6 Å². The Morgan fingerprint density at radius 1 is 1.50 bits per heavy atom. The standard InChI is InChI=1S/C9H15ClN4/c1-2-3-4-5-6-14-9(10)13(7-11)8-12-14/h8-9H,2-6H2,1H3. The van der Waals surface area contributed by atoms with Crippen LogP contribution in [0.4, 0.5) is 0 Å². The van der Waals surface area contributed by atoms with E-state index in [1.165, 1.54) is 30.5 Å². The molecule has 0 aromatic carbocycles. The quantitative estimate of drug-likeness (QED) is 0.305. The van der Waals surface area contributed by atoms with Gasteiger partial charge in [-0.15, -0.1) is 0 Å². The van der Waals surface area contributed by atoms with Gasteiger partial charge in [-0.05, 0) is 6.42 Å². The van der Waals surface area contributed by atoms with Crippen LogP contribution in [0.15, 0.2) is 5.10 Å². The number of hydrazone groups is 1. The summed E-state index contributed by atoms with van der Waals surface area (Å²) < 4.78 is 0. The number of hydrogen-bond donors (Lipinski definition) is 0. The number of halogens is 1. The minimum atomic E-state index is -0.429. The smallest absolute Gasteiger partial charge is 0.208 e. The number of hydrogen-bond acceptors (Lipinski definition) is 4. The molecule has 0 aromatic rings. The summed E-state index contributed by atoms with van der Waals surface area (Å²) in [7, 11) is 0. The number of rotatable bonds is 5. The monoisotopic (exact) mass is 214 g/mol. The van der Waals surface area contributed by atoms with Crippen molar-refractivity contribution < 1.29 is 0 Å². The summed E-state index contributed by atoms with van der Waals surface area (Å²) in [6.45, 7) is 3.00. The fourth-order valence-electron chi connectivity index (χ4n) is 1.31. The maximum absolute atomic E-state index is 8.64. The molecular formula is C9H15ClN4. The zero-order chi connectivity index (χ0) is 10.4. The van der Waals surface area contributed by atoms with Crippen LogP contribution in [0.1, 0.15) is 32.6 Å². The van der Waals surface area contributed by atoms with E-state index in [0.717, 1.165) is 13.0 Å². The van der Waals surface area contributed by atoms with Crippen LogP contribution < -0.4 is 0 Å². The average molecular weight is 215 g/mol. The number of nitrogens with zero attached hydrogens (tertiary/aromatic N) is 4. The van der Waals surface area contributed by atoms with Crippen LogP contribution in [0.5, 0.6) is 0 Å². The maximum Gasteiger partial charge on any atom is 0.208 e. The van der Waals surface area contributed by atoms with Gasteiger partial charge in [0.25, 0.3) is 0 Å². The third-order valence-corrected chi connectivity index (χ3v) is 2.59. The summed E-state index contributed by atoms with van der Waals surface area (Å²) in [6, 6.07) is 0. The van der Waals surface area contributed by atoms with Crippen LogP contribution in [-0.2, 0) is 0 Å². The molecular weight excluding hydrogens is 200 g/mol. The first-order valence-corrected chi connectivity index (χ1v) is 5.36. The molecule has 1 unspecified atom stereocenters. The van der Waals surface area contributed by atoms with Crippen molar-refractivity contribution in [3.05, 3.63) is 0 Å². The number of alkyl halides is 1. The van der Waals surface area contributed by atoms with Gasteiger partial charge in [0.15, 0.2) is 6.19 Å². The van der Waals surface area contributed by atoms with E-state index in [4.69, 9.17) is 16.9 Å². The Kier molecular flexibility index (Phi) is 4.54. The summed E-state index contributed by atoms with van der Waals surface area (Å²) >= 11 is 5.96. The summed E-state index contributed by atoms with van der Waals surface area (Å²) in [5.74, 6) is 0. The summed E-state index contributed by atoms with van der Waals surface area (Å²) in [5, 5.41) is 14.4. The Bertz CT molecular complexity index is 235. The molecule has 78 valence electrons. The molecule has 0 radical (unpaired) electrons. The van der Waals surface area contributed by atoms with Gasteiger partial charge < -0.3 is 0 Å². The Labute approximate surface area is 89.7 Å². The fourth-order valence-corrected chi connectivity index (χ4v) is 1.56. The van der Waals surface area contributed by atoms with Gasteiger partial charge in [0.2, 0.25) is 5.62 Å². The first kappa shape index (κ1) is 11.1. The predicted molar refractivity (Wildman–Crippen MR) is 56.4 cm³/mol. The van der Waals surface area contributed by atoms with Crippen molar-refractivity contribution in [2.24, 2.45) is 5.10 Å². The Balaban J connectivity index is 2.21. The van der Waals surface area contributed by atoms with E-state index in [-0.39, 0.29) is 0 Å². The Morgan fingerprint density at radius 3 is 2.86 bits per heavy atom. The first-order valence-electron chi connectivity index (χ1n) is 4.92. The van der Waals surface area contributed by atoms with E-state index in [9.17, 15) is 0 Å². The molecule has 14 heavy (non-hydrogen) atoms. The van der Waals surface area contributed by atoms with Crippen molar-refractivity contribution in [2.75, 3.05) is 6.54 Å². The van der Waals surface area contributed by atoms with E-state index in [0.29, 0.717) is 0 Å². The lowest BCUT2D eigenvalue weighted by molar-refractivity contribution is 0.226. The van der Waals surface area contributed by atoms with Crippen molar-refractivity contribution in [3.63, 3.8) is 0 Å². The average Bonchev–Trinajstić information content (AvgIpc) is 2.55. The maximum atomic E-state index is 8.64. The van der Waals surface area contributed by atoms with E-state index in [2.05, 4.69) is 12.0 Å². The SMILES string of the molecule is CCCCCCN1N=CN(C#N)C1Cl. The minimum Gasteiger partial charge on any atom is -0.258 e. The van der Waals surface area contributed by atoms with Crippen LogP contribution in [0, 0.1) is 11.5 Å². The zero-order valence-corrected chi connectivity index (χ0v) is 9.11. The van der Waals surface area contributed by atoms with Gasteiger partial charge >= 0.3 is 0 Å². The van der Waals surface area contributed by atoms with Gasteiger partial charge in [0.05, 0.1) is 0 Å². The molecule has 1 heterocycles. The van der Waals surface area contributed by atoms with E-state index >= 15 is 0 Å². The van der Waals surface area contributed by atoms with Crippen molar-refractivity contribution >= 4 is 17.9 Å². The molecule has 0 aliphatic carbocycles. The molecule has 0 N–H and O–H groups in total. The summed E-state index contributed by atoms with van der Waals surface area (Å²) in [4.78, 5) is 1.33. The molecule has 1 rings (SSSR count). The molecule has 0 fully saturated rings. The first-order chi connectivity index (χ1) is 6.79. The lowest BCUT2D eigenvalue weighted by atomic mass is 10.2. The highest BCUT2D eigenvalue weighted by atomic mass is 35.5. The second kappa shape index (κ2) is 5.71. The minimum absolute atomic E-state index is 0.429. The number of unbranched alkanes of at least 4 members (excludes halogenated alkanes) is 3. The summed E-state index contributed by atoms with van der Waals surface area (Å²) in [6.07, 6.45) is 8.16. The van der Waals surface area contributed by atoms with Gasteiger partial charge in [0.1, 0.15) is 6.34 Å². The predicted octanol–water partition coefficient (Wildman–Crippen LogP) is 2.13. The third-order valence-electron chi connectivity index (χ3n) is 2.16. The lowest BCUT2D eigenvalue weighted by Crippen LogP contribution is -2.32. The Morgan fingerprint density at radius 2 is 2.29 bits per heavy atom. The molecule has 0 saturated heterocycles. The highest BCUT2D eigenvalue weighted by Crippen LogP contribution is 2.16. The van der Waals surface area contributed by atoms with Crippen molar-refractivity contribution in [1.82, 2.24) is 9.91 Å². The van der Waals surface area contributed by atoms with Gasteiger partial charge in [-0.1, -0.05) is 37.8 Å². The van der Waals surface area contributed by atoms with Crippen molar-refractivity contribution in [2.45, 2.75) is 38.2 Å². The molecule has 1 atom stereocenters. The molecule has 0 aromatic heterocycles. The van der Waals surface area contributed by atoms with Crippen molar-refractivity contribution in [1.29, 1.82) is 5.26 Å². The Hall–Kier alpha value is -0.950. The van der Waals surface area contributed by atoms with Gasteiger partial charge in [-0.3, -0.25) is 5.01 Å². The molecule has 0 spiro atoms. The van der Waals surface area contributed by atoms with Gasteiger partial charge in [0, 0.05) is 6.54 Å². The van der Waals surface area contributed by atoms with Crippen LogP contribution in [0.3, 0.4) is 0 Å². The lowest BCUT2D eigenvalue weighted by Gasteiger charge is -2.20. The fraction of sp³-hybridized carbons (Fsp3) is 0.778. The third kappa shape index (κ3) is 2.78. The molecule has 5 heteroatoms. The zero-order valence-electron chi connectivity index (χ0n) is 8.36. The van der Waals surface area contributed by atoms with E-state index < -0.39 is 5.62 Å². The molecule has 0 bridgehead atoms. The topological polar surface area (TPSA) is 42.6 Å². The highest BCUT2D eigenvalue weighted by Gasteiger charge is 2.24. The molecule has 1 aliphatic heterocycles. The van der Waals surface area contributed by atoms with Crippen molar-refractivity contribution in [3.8, 4) is 6.19 Å². The van der Waals surface area contributed by atoms with Crippen LogP contribution in [0.2, 0.25) is 0 Å². The van der Waals surface area contributed by atoms with Crippen LogP contribution in [-0.4, -0.2) is 28.4 Å². The van der Waals surface area contributed by atoms with Crippen LogP contribution in [0.25, 0.3) is 0 Å². The number of nitriles is 1. The van der Waals surface area contributed by atoms with Gasteiger partial charge in [-0.25, -0.2) is 4.90 Å². The van der Waals surface area contributed by atoms with E-state index in [1.54, 1.807) is 5.01 Å². The normalized spacial score (nSPS) is 20.2. The summed E-state index contributed by atoms with van der Waals surface area (Å²) in [5.41, 5.74) is -0.429. The largest absolute Gasteiger partial charge is 0.258 e. The molecule has 0 saturated carbocycles. The molecule has 0 amide bonds. The van der Waals surface area contributed by atoms with E-state index in [1.807, 2.05) is 6.19 Å². The van der Waals surface area contributed by atoms with Gasteiger partial charge in [-0.2, -0.15) is 10.4 Å². The molecule has 4 nitrogen and oxygen atoms in total. The second-order valence-corrected chi connectivity index (χ2v) is 3.66.